The van der Waals surface area contributed by atoms with E-state index in [4.69, 9.17) is 5.73 Å². The largest absolute Gasteiger partial charge is 0.477 e. The third-order valence-corrected chi connectivity index (χ3v) is 5.76. The summed E-state index contributed by atoms with van der Waals surface area (Å²) >= 11 is 1.67. The standard InChI is InChI=1S/C18H15N3O3S/c1-9-8-25-17-11(10-4-5-20-14(19)6-10)2-3-12-15(17)21(9)7-13(16(12)22)18(23)24/h2-7,9H,8H2,1H3,(H2,19,20)(H,23,24)/t9-/m0/s1. The highest BCUT2D eigenvalue weighted by molar-refractivity contribution is 7.99. The number of anilines is 1. The minimum atomic E-state index is -1.20. The number of carbonyl (C=O) groups is 1. The lowest BCUT2D eigenvalue weighted by Gasteiger charge is -2.27. The van der Waals surface area contributed by atoms with E-state index in [0.29, 0.717) is 11.2 Å². The average molecular weight is 353 g/mol. The highest BCUT2D eigenvalue weighted by Gasteiger charge is 2.25. The van der Waals surface area contributed by atoms with Crippen LogP contribution in [-0.4, -0.2) is 26.4 Å². The van der Waals surface area contributed by atoms with Crippen molar-refractivity contribution in [2.24, 2.45) is 0 Å². The second-order valence-corrected chi connectivity index (χ2v) is 7.08. The Labute approximate surface area is 147 Å². The van der Waals surface area contributed by atoms with Crippen LogP contribution >= 0.6 is 11.8 Å². The Balaban J connectivity index is 2.11. The summed E-state index contributed by atoms with van der Waals surface area (Å²) in [7, 11) is 0. The van der Waals surface area contributed by atoms with Gasteiger partial charge < -0.3 is 15.4 Å². The third-order valence-electron chi connectivity index (χ3n) is 4.41. The van der Waals surface area contributed by atoms with E-state index in [0.717, 1.165) is 27.3 Å². The topological polar surface area (TPSA) is 98.2 Å². The molecule has 1 aromatic carbocycles. The van der Waals surface area contributed by atoms with Crippen molar-refractivity contribution < 1.29 is 9.90 Å². The Morgan fingerprint density at radius 2 is 2.20 bits per heavy atom. The maximum Gasteiger partial charge on any atom is 0.341 e. The molecule has 7 heteroatoms. The van der Waals surface area contributed by atoms with Crippen LogP contribution in [0.5, 0.6) is 0 Å². The number of nitrogens with zero attached hydrogens (tertiary/aromatic N) is 2. The monoisotopic (exact) mass is 353 g/mol. The van der Waals surface area contributed by atoms with Crippen LogP contribution in [-0.2, 0) is 0 Å². The van der Waals surface area contributed by atoms with Crippen LogP contribution in [0.15, 0.2) is 46.3 Å². The summed E-state index contributed by atoms with van der Waals surface area (Å²) in [5.74, 6) is 0.0212. The first-order chi connectivity index (χ1) is 12.0. The van der Waals surface area contributed by atoms with Gasteiger partial charge in [-0.1, -0.05) is 6.07 Å². The molecule has 3 N–H and O–H groups in total. The van der Waals surface area contributed by atoms with Gasteiger partial charge in [0.15, 0.2) is 0 Å². The number of benzene rings is 1. The van der Waals surface area contributed by atoms with Crippen LogP contribution in [0.4, 0.5) is 5.82 Å². The average Bonchev–Trinajstić information content (AvgIpc) is 2.59. The Morgan fingerprint density at radius 3 is 2.92 bits per heavy atom. The summed E-state index contributed by atoms with van der Waals surface area (Å²) in [5, 5.41) is 9.77. The molecule has 1 aliphatic heterocycles. The molecule has 25 heavy (non-hydrogen) atoms. The minimum Gasteiger partial charge on any atom is -0.477 e. The number of hydrogen-bond acceptors (Lipinski definition) is 5. The molecule has 0 saturated carbocycles. The SMILES string of the molecule is C[C@H]1CSc2c(-c3ccnc(N)c3)ccc3c(=O)c(C(=O)O)cn1c23. The van der Waals surface area contributed by atoms with E-state index in [1.807, 2.05) is 23.6 Å². The first-order valence-electron chi connectivity index (χ1n) is 7.77. The molecule has 6 nitrogen and oxygen atoms in total. The van der Waals surface area contributed by atoms with Crippen LogP contribution in [0.2, 0.25) is 0 Å². The van der Waals surface area contributed by atoms with Crippen LogP contribution in [0.3, 0.4) is 0 Å². The molecule has 0 radical (unpaired) electrons. The summed E-state index contributed by atoms with van der Waals surface area (Å²) in [6, 6.07) is 7.32. The molecule has 3 heterocycles. The number of pyridine rings is 2. The molecule has 0 aliphatic carbocycles. The van der Waals surface area contributed by atoms with Gasteiger partial charge in [0.05, 0.1) is 5.52 Å². The summed E-state index contributed by atoms with van der Waals surface area (Å²) in [6.45, 7) is 2.02. The van der Waals surface area contributed by atoms with Gasteiger partial charge in [0.1, 0.15) is 11.4 Å². The van der Waals surface area contributed by atoms with E-state index >= 15 is 0 Å². The number of rotatable bonds is 2. The first-order valence-corrected chi connectivity index (χ1v) is 8.76. The Hall–Kier alpha value is -2.80. The molecular weight excluding hydrogens is 338 g/mol. The molecule has 0 saturated heterocycles. The lowest BCUT2D eigenvalue weighted by molar-refractivity contribution is 0.0694. The van der Waals surface area contributed by atoms with Crippen LogP contribution in [0.25, 0.3) is 22.0 Å². The highest BCUT2D eigenvalue weighted by atomic mass is 32.2. The van der Waals surface area contributed by atoms with E-state index < -0.39 is 11.4 Å². The number of carboxylic acids is 1. The fraction of sp³-hybridized carbons (Fsp3) is 0.167. The van der Waals surface area contributed by atoms with Gasteiger partial charge in [-0.2, -0.15) is 0 Å². The molecule has 1 aliphatic rings. The van der Waals surface area contributed by atoms with Gasteiger partial charge in [0.25, 0.3) is 0 Å². The second-order valence-electron chi connectivity index (χ2n) is 6.05. The Bertz CT molecular complexity index is 1090. The molecule has 0 fully saturated rings. The van der Waals surface area contributed by atoms with Gasteiger partial charge in [-0.05, 0) is 36.2 Å². The van der Waals surface area contributed by atoms with Gasteiger partial charge >= 0.3 is 5.97 Å². The van der Waals surface area contributed by atoms with Crippen LogP contribution < -0.4 is 11.2 Å². The lowest BCUT2D eigenvalue weighted by atomic mass is 10.0. The van der Waals surface area contributed by atoms with Gasteiger partial charge in [-0.15, -0.1) is 11.8 Å². The molecule has 0 unspecified atom stereocenters. The zero-order valence-electron chi connectivity index (χ0n) is 13.4. The number of thioether (sulfide) groups is 1. The summed E-state index contributed by atoms with van der Waals surface area (Å²) < 4.78 is 1.90. The molecule has 0 spiro atoms. The van der Waals surface area contributed by atoms with Gasteiger partial charge in [-0.25, -0.2) is 9.78 Å². The number of hydrogen-bond donors (Lipinski definition) is 2. The molecule has 4 rings (SSSR count). The van der Waals surface area contributed by atoms with Crippen molar-refractivity contribution >= 4 is 34.5 Å². The van der Waals surface area contributed by atoms with Crippen molar-refractivity contribution in [1.29, 1.82) is 0 Å². The van der Waals surface area contributed by atoms with Crippen LogP contribution in [0, 0.1) is 0 Å². The maximum atomic E-state index is 12.6. The van der Waals surface area contributed by atoms with Crippen molar-refractivity contribution in [3.05, 3.63) is 52.4 Å². The van der Waals surface area contributed by atoms with Crippen molar-refractivity contribution in [2.75, 3.05) is 11.5 Å². The molecule has 1 atom stereocenters. The maximum absolute atomic E-state index is 12.6. The van der Waals surface area contributed by atoms with Crippen molar-refractivity contribution in [1.82, 2.24) is 9.55 Å². The van der Waals surface area contributed by atoms with Crippen molar-refractivity contribution in [3.8, 4) is 11.1 Å². The summed E-state index contributed by atoms with van der Waals surface area (Å²) in [6.07, 6.45) is 3.11. The van der Waals surface area contributed by atoms with E-state index in [-0.39, 0.29) is 11.6 Å². The fourth-order valence-corrected chi connectivity index (χ4v) is 4.45. The second kappa shape index (κ2) is 5.63. The molecular formula is C18H15N3O3S. The summed E-state index contributed by atoms with van der Waals surface area (Å²) in [4.78, 5) is 29.0. The quantitative estimate of drug-likeness (QED) is 0.735. The first kappa shape index (κ1) is 15.7. The molecule has 0 amide bonds. The van der Waals surface area contributed by atoms with E-state index in [2.05, 4.69) is 4.98 Å². The number of aromatic nitrogens is 2. The molecule has 0 bridgehead atoms. The predicted octanol–water partition coefficient (Wildman–Crippen LogP) is 3.01. The zero-order chi connectivity index (χ0) is 17.7. The van der Waals surface area contributed by atoms with Gasteiger partial charge in [-0.3, -0.25) is 4.79 Å². The molecule has 3 aromatic rings. The van der Waals surface area contributed by atoms with Crippen LogP contribution in [0.1, 0.15) is 23.3 Å². The van der Waals surface area contributed by atoms with Crippen molar-refractivity contribution in [3.63, 3.8) is 0 Å². The number of aromatic carboxylic acids is 1. The predicted molar refractivity (Wildman–Crippen MR) is 98.2 cm³/mol. The van der Waals surface area contributed by atoms with Crippen molar-refractivity contribution in [2.45, 2.75) is 17.9 Å². The molecule has 126 valence electrons. The van der Waals surface area contributed by atoms with Gasteiger partial charge in [0.2, 0.25) is 5.43 Å². The number of carboxylic acid groups (broad SMARTS) is 1. The van der Waals surface area contributed by atoms with E-state index in [9.17, 15) is 14.7 Å². The zero-order valence-corrected chi connectivity index (χ0v) is 14.2. The van der Waals surface area contributed by atoms with E-state index in [1.165, 1.54) is 6.20 Å². The lowest BCUT2D eigenvalue weighted by Crippen LogP contribution is -2.23. The van der Waals surface area contributed by atoms with E-state index in [1.54, 1.807) is 30.1 Å². The number of nitrogens with two attached hydrogens (primary N) is 1. The summed E-state index contributed by atoms with van der Waals surface area (Å²) in [5.41, 5.74) is 7.84. The third kappa shape index (κ3) is 2.39. The molecule has 2 aromatic heterocycles. The normalized spacial score (nSPS) is 16.1. The number of nitrogen functional groups attached to an aromatic ring is 1. The smallest absolute Gasteiger partial charge is 0.341 e. The highest BCUT2D eigenvalue weighted by Crippen LogP contribution is 2.42. The van der Waals surface area contributed by atoms with Gasteiger partial charge in [0, 0.05) is 34.5 Å². The fourth-order valence-electron chi connectivity index (χ4n) is 3.19. The Morgan fingerprint density at radius 1 is 1.40 bits per heavy atom. The minimum absolute atomic E-state index is 0.0939. The Kier molecular flexibility index (Phi) is 3.54.